The van der Waals surface area contributed by atoms with Gasteiger partial charge in [-0.25, -0.2) is 16.3 Å². The second-order valence-electron chi connectivity index (χ2n) is 6.17. The number of nitrogens with zero attached hydrogens (tertiary/aromatic N) is 1. The summed E-state index contributed by atoms with van der Waals surface area (Å²) in [6.45, 7) is 4.45. The molecule has 0 radical (unpaired) electrons. The van der Waals surface area contributed by atoms with E-state index in [-0.39, 0.29) is 18.0 Å². The predicted octanol–water partition coefficient (Wildman–Crippen LogP) is 2.53. The monoisotopic (exact) mass is 352 g/mol. The van der Waals surface area contributed by atoms with Crippen molar-refractivity contribution in [3.05, 3.63) is 65.7 Å². The summed E-state index contributed by atoms with van der Waals surface area (Å²) in [4.78, 5) is 12.4. The molecule has 2 aromatic carbocycles. The van der Waals surface area contributed by atoms with Crippen LogP contribution >= 0.6 is 0 Å². The molecular formula is C20H24N4O2. The molecule has 0 saturated carbocycles. The Morgan fingerprint density at radius 1 is 1.15 bits per heavy atom. The Morgan fingerprint density at radius 2 is 1.88 bits per heavy atom. The van der Waals surface area contributed by atoms with E-state index in [1.165, 1.54) is 0 Å². The van der Waals surface area contributed by atoms with E-state index in [4.69, 9.17) is 4.74 Å². The molecule has 6 nitrogen and oxygen atoms in total. The van der Waals surface area contributed by atoms with E-state index in [1.807, 2.05) is 68.4 Å². The highest BCUT2D eigenvalue weighted by atomic mass is 16.5. The van der Waals surface area contributed by atoms with Crippen LogP contribution in [0.25, 0.3) is 0 Å². The van der Waals surface area contributed by atoms with Crippen molar-refractivity contribution in [3.8, 4) is 5.75 Å². The van der Waals surface area contributed by atoms with Gasteiger partial charge in [-0.1, -0.05) is 30.3 Å². The second kappa shape index (κ2) is 8.60. The van der Waals surface area contributed by atoms with Crippen molar-refractivity contribution >= 4 is 11.6 Å². The predicted molar refractivity (Wildman–Crippen MR) is 102 cm³/mol. The first kappa shape index (κ1) is 18.1. The number of hydrazone groups is 1. The standard InChI is InChI=1S/C20H24N4O2/c1-3-26-17-11-9-15(10-12-17)14(2)21-24-20(25)19-13-18(22-23-19)16-7-5-4-6-8-16/h4-12,18-19,22-23H,3,13H2,1-2H3,(H,24,25)/b21-14+. The van der Waals surface area contributed by atoms with Gasteiger partial charge in [0, 0.05) is 6.04 Å². The highest BCUT2D eigenvalue weighted by Crippen LogP contribution is 2.21. The minimum Gasteiger partial charge on any atom is -0.494 e. The fourth-order valence-electron chi connectivity index (χ4n) is 2.87. The van der Waals surface area contributed by atoms with Gasteiger partial charge in [-0.2, -0.15) is 5.10 Å². The number of benzene rings is 2. The Hall–Kier alpha value is -2.70. The smallest absolute Gasteiger partial charge is 0.258 e. The molecule has 1 aliphatic rings. The lowest BCUT2D eigenvalue weighted by molar-refractivity contribution is -0.122. The summed E-state index contributed by atoms with van der Waals surface area (Å²) in [6, 6.07) is 17.5. The zero-order valence-electron chi connectivity index (χ0n) is 15.0. The molecule has 26 heavy (non-hydrogen) atoms. The van der Waals surface area contributed by atoms with Gasteiger partial charge in [-0.15, -0.1) is 0 Å². The Balaban J connectivity index is 1.55. The van der Waals surface area contributed by atoms with Gasteiger partial charge in [0.15, 0.2) is 0 Å². The summed E-state index contributed by atoms with van der Waals surface area (Å²) in [5.41, 5.74) is 11.7. The molecule has 6 heteroatoms. The van der Waals surface area contributed by atoms with E-state index < -0.39 is 0 Å². The van der Waals surface area contributed by atoms with Crippen molar-refractivity contribution in [1.82, 2.24) is 16.3 Å². The minimum absolute atomic E-state index is 0.114. The molecule has 0 spiro atoms. The lowest BCUT2D eigenvalue weighted by Crippen LogP contribution is -2.41. The molecule has 0 aliphatic carbocycles. The molecule has 2 atom stereocenters. The molecule has 2 unspecified atom stereocenters. The summed E-state index contributed by atoms with van der Waals surface area (Å²) < 4.78 is 5.43. The molecule has 1 saturated heterocycles. The molecule has 0 aromatic heterocycles. The Bertz CT molecular complexity index is 759. The van der Waals surface area contributed by atoms with Gasteiger partial charge in [0.1, 0.15) is 11.8 Å². The average Bonchev–Trinajstić information content (AvgIpc) is 3.18. The van der Waals surface area contributed by atoms with Gasteiger partial charge >= 0.3 is 0 Å². The maximum absolute atomic E-state index is 12.4. The lowest BCUT2D eigenvalue weighted by atomic mass is 10.0. The van der Waals surface area contributed by atoms with Crippen LogP contribution in [0.3, 0.4) is 0 Å². The Kier molecular flexibility index (Phi) is 5.99. The van der Waals surface area contributed by atoms with Crippen LogP contribution < -0.4 is 21.0 Å². The number of ether oxygens (including phenoxy) is 1. The van der Waals surface area contributed by atoms with Crippen molar-refractivity contribution < 1.29 is 9.53 Å². The quantitative estimate of drug-likeness (QED) is 0.552. The number of amides is 1. The summed E-state index contributed by atoms with van der Waals surface area (Å²) in [5, 5.41) is 4.22. The maximum atomic E-state index is 12.4. The molecule has 1 heterocycles. The van der Waals surface area contributed by atoms with Gasteiger partial charge < -0.3 is 4.74 Å². The van der Waals surface area contributed by atoms with Crippen LogP contribution in [-0.4, -0.2) is 24.3 Å². The molecular weight excluding hydrogens is 328 g/mol. The summed E-state index contributed by atoms with van der Waals surface area (Å²) in [7, 11) is 0. The van der Waals surface area contributed by atoms with Gasteiger partial charge in [0.2, 0.25) is 0 Å². The third kappa shape index (κ3) is 4.47. The van der Waals surface area contributed by atoms with Gasteiger partial charge in [-0.3, -0.25) is 4.79 Å². The zero-order valence-corrected chi connectivity index (χ0v) is 15.0. The minimum atomic E-state index is -0.322. The number of rotatable bonds is 6. The summed E-state index contributed by atoms with van der Waals surface area (Å²) in [5.74, 6) is 0.669. The van der Waals surface area contributed by atoms with Crippen LogP contribution in [0.5, 0.6) is 5.75 Å². The van der Waals surface area contributed by atoms with Crippen molar-refractivity contribution in [3.63, 3.8) is 0 Å². The van der Waals surface area contributed by atoms with Gasteiger partial charge in [0.25, 0.3) is 5.91 Å². The third-order valence-corrected chi connectivity index (χ3v) is 4.34. The molecule has 1 aliphatic heterocycles. The number of hydrazine groups is 1. The maximum Gasteiger partial charge on any atom is 0.258 e. The normalized spacial score (nSPS) is 20.0. The van der Waals surface area contributed by atoms with Crippen molar-refractivity contribution in [2.45, 2.75) is 32.4 Å². The highest BCUT2D eigenvalue weighted by molar-refractivity contribution is 5.99. The summed E-state index contributed by atoms with van der Waals surface area (Å²) >= 11 is 0. The molecule has 0 bridgehead atoms. The first-order chi connectivity index (χ1) is 12.7. The van der Waals surface area contributed by atoms with Crippen molar-refractivity contribution in [2.24, 2.45) is 5.10 Å². The number of hydrogen-bond donors (Lipinski definition) is 3. The third-order valence-electron chi connectivity index (χ3n) is 4.34. The lowest BCUT2D eigenvalue weighted by Gasteiger charge is -2.09. The van der Waals surface area contributed by atoms with E-state index >= 15 is 0 Å². The topological polar surface area (TPSA) is 74.8 Å². The Labute approximate surface area is 153 Å². The van der Waals surface area contributed by atoms with Crippen LogP contribution in [0.15, 0.2) is 59.7 Å². The van der Waals surface area contributed by atoms with Gasteiger partial charge in [-0.05, 0) is 55.7 Å². The van der Waals surface area contributed by atoms with Crippen molar-refractivity contribution in [2.75, 3.05) is 6.61 Å². The first-order valence-electron chi connectivity index (χ1n) is 8.80. The van der Waals surface area contributed by atoms with Crippen LogP contribution in [0, 0.1) is 0 Å². The molecule has 3 N–H and O–H groups in total. The molecule has 2 aromatic rings. The summed E-state index contributed by atoms with van der Waals surface area (Å²) in [6.07, 6.45) is 0.674. The molecule has 1 amide bonds. The number of carbonyl (C=O) groups excluding carboxylic acids is 1. The number of hydrogen-bond acceptors (Lipinski definition) is 5. The second-order valence-corrected chi connectivity index (χ2v) is 6.17. The zero-order chi connectivity index (χ0) is 18.4. The Morgan fingerprint density at radius 3 is 2.58 bits per heavy atom. The first-order valence-corrected chi connectivity index (χ1v) is 8.80. The number of nitrogens with one attached hydrogen (secondary N) is 3. The average molecular weight is 352 g/mol. The van der Waals surface area contributed by atoms with E-state index in [0.717, 1.165) is 22.6 Å². The van der Waals surface area contributed by atoms with E-state index in [1.54, 1.807) is 0 Å². The van der Waals surface area contributed by atoms with Crippen LogP contribution in [-0.2, 0) is 4.79 Å². The van der Waals surface area contributed by atoms with E-state index in [9.17, 15) is 4.79 Å². The number of carbonyl (C=O) groups is 1. The van der Waals surface area contributed by atoms with E-state index in [0.29, 0.717) is 13.0 Å². The highest BCUT2D eigenvalue weighted by Gasteiger charge is 2.29. The fourth-order valence-corrected chi connectivity index (χ4v) is 2.87. The van der Waals surface area contributed by atoms with E-state index in [2.05, 4.69) is 21.4 Å². The molecule has 3 rings (SSSR count). The SMILES string of the molecule is CCOc1ccc(/C(C)=N/NC(=O)C2CC(c3ccccc3)NN2)cc1. The molecule has 1 fully saturated rings. The largest absolute Gasteiger partial charge is 0.494 e. The van der Waals surface area contributed by atoms with Crippen molar-refractivity contribution in [1.29, 1.82) is 0 Å². The van der Waals surface area contributed by atoms with Crippen LogP contribution in [0.2, 0.25) is 0 Å². The molecule has 136 valence electrons. The fraction of sp³-hybridized carbons (Fsp3) is 0.300. The van der Waals surface area contributed by atoms with Gasteiger partial charge in [0.05, 0.1) is 12.3 Å². The van der Waals surface area contributed by atoms with Crippen LogP contribution in [0.4, 0.5) is 0 Å². The van der Waals surface area contributed by atoms with Crippen LogP contribution in [0.1, 0.15) is 37.4 Å².